The maximum absolute atomic E-state index is 13.1. The number of carboxylic acids is 1. The van der Waals surface area contributed by atoms with Gasteiger partial charge in [-0.25, -0.2) is 14.2 Å². The van der Waals surface area contributed by atoms with E-state index in [0.29, 0.717) is 6.42 Å². The van der Waals surface area contributed by atoms with Crippen LogP contribution in [0.3, 0.4) is 0 Å². The minimum absolute atomic E-state index is 0.0340. The van der Waals surface area contributed by atoms with E-state index in [4.69, 9.17) is 45.2 Å². The van der Waals surface area contributed by atoms with Gasteiger partial charge in [-0.2, -0.15) is 0 Å². The summed E-state index contributed by atoms with van der Waals surface area (Å²) in [5.74, 6) is -2.79. The van der Waals surface area contributed by atoms with E-state index < -0.39 is 106 Å². The third-order valence-corrected chi connectivity index (χ3v) is 10.1. The zero-order valence-corrected chi connectivity index (χ0v) is 31.2. The van der Waals surface area contributed by atoms with Crippen molar-refractivity contribution in [2.75, 3.05) is 19.8 Å². The Morgan fingerprint density at radius 3 is 1.87 bits per heavy atom. The molecule has 310 valence electrons. The lowest BCUT2D eigenvalue weighted by molar-refractivity contribution is -0.323. The Morgan fingerprint density at radius 2 is 1.38 bits per heavy atom. The van der Waals surface area contributed by atoms with Gasteiger partial charge < -0.3 is 71.9 Å². The number of ether oxygens (including phenoxy) is 4. The Morgan fingerprint density at radius 1 is 0.830 bits per heavy atom. The van der Waals surface area contributed by atoms with Crippen LogP contribution >= 0.6 is 7.82 Å². The molecule has 0 aromatic heterocycles. The quantitative estimate of drug-likeness (QED) is 0.0381. The maximum Gasteiger partial charge on any atom is 0.474 e. The van der Waals surface area contributed by atoms with Crippen LogP contribution < -0.4 is 22.5 Å². The molecule has 0 bridgehead atoms. The number of aliphatic hydroxyl groups is 4. The SMILES string of the molecule is CCCCCCCCCCCCCCCCO[C@H](COP(=O)(O)O[C@H]1OC(C(N)=O)[C@H](O)[C@H](NC(N)=O)C1O[C@@H]1OC(CO)[C@@H](O)C(O)[C@@H]1N)C(=O)O. The summed E-state index contributed by atoms with van der Waals surface area (Å²) >= 11 is 0. The number of nitrogens with one attached hydrogen (secondary N) is 1. The van der Waals surface area contributed by atoms with Gasteiger partial charge in [0.1, 0.15) is 30.5 Å². The van der Waals surface area contributed by atoms with Gasteiger partial charge in [0.2, 0.25) is 5.91 Å². The number of unbranched alkanes of at least 4 members (excludes halogenated alkanes) is 13. The largest absolute Gasteiger partial charge is 0.479 e. The lowest BCUT2D eigenvalue weighted by Gasteiger charge is -2.47. The number of hydrogen-bond acceptors (Lipinski definition) is 15. The van der Waals surface area contributed by atoms with Crippen molar-refractivity contribution < 1.29 is 77.4 Å². The van der Waals surface area contributed by atoms with Crippen molar-refractivity contribution in [2.45, 2.75) is 164 Å². The number of carbonyl (C=O) groups is 3. The van der Waals surface area contributed by atoms with E-state index in [1.165, 1.54) is 57.8 Å². The van der Waals surface area contributed by atoms with Gasteiger partial charge in [-0.05, 0) is 6.42 Å². The molecular weight excluding hydrogens is 727 g/mol. The topological polar surface area (TPSA) is 335 Å². The van der Waals surface area contributed by atoms with Gasteiger partial charge in [0, 0.05) is 6.61 Å². The van der Waals surface area contributed by atoms with Crippen molar-refractivity contribution in [2.24, 2.45) is 17.2 Å². The van der Waals surface area contributed by atoms with E-state index in [1.54, 1.807) is 0 Å². The zero-order chi connectivity index (χ0) is 39.6. The van der Waals surface area contributed by atoms with Crippen molar-refractivity contribution in [3.8, 4) is 0 Å². The van der Waals surface area contributed by atoms with E-state index in [9.17, 15) is 49.4 Å². The zero-order valence-electron chi connectivity index (χ0n) is 30.3. The molecule has 0 aliphatic carbocycles. The highest BCUT2D eigenvalue weighted by molar-refractivity contribution is 7.47. The number of rotatable bonds is 27. The van der Waals surface area contributed by atoms with Crippen molar-refractivity contribution in [3.05, 3.63) is 0 Å². The number of carboxylic acid groups (broad SMARTS) is 1. The fourth-order valence-corrected chi connectivity index (χ4v) is 6.89. The molecule has 13 N–H and O–H groups in total. The van der Waals surface area contributed by atoms with Gasteiger partial charge in [-0.1, -0.05) is 90.4 Å². The fourth-order valence-electron chi connectivity index (χ4n) is 6.07. The van der Waals surface area contributed by atoms with Crippen LogP contribution in [0.25, 0.3) is 0 Å². The molecule has 2 heterocycles. The highest BCUT2D eigenvalue weighted by Crippen LogP contribution is 2.47. The second kappa shape index (κ2) is 24.5. The molecule has 2 saturated heterocycles. The average Bonchev–Trinajstić information content (AvgIpc) is 3.09. The highest BCUT2D eigenvalue weighted by atomic mass is 31.2. The number of nitrogens with two attached hydrogens (primary N) is 3. The van der Waals surface area contributed by atoms with Gasteiger partial charge >= 0.3 is 19.8 Å². The number of phosphoric acid groups is 1. The van der Waals surface area contributed by atoms with Gasteiger partial charge in [-0.3, -0.25) is 13.8 Å². The summed E-state index contributed by atoms with van der Waals surface area (Å²) in [5, 5.41) is 52.6. The molecule has 12 atom stereocenters. The lowest BCUT2D eigenvalue weighted by atomic mass is 9.94. The van der Waals surface area contributed by atoms with E-state index in [-0.39, 0.29) is 6.61 Å². The van der Waals surface area contributed by atoms with Gasteiger partial charge in [0.15, 0.2) is 24.8 Å². The first-order chi connectivity index (χ1) is 25.1. The van der Waals surface area contributed by atoms with Gasteiger partial charge in [-0.15, -0.1) is 0 Å². The summed E-state index contributed by atoms with van der Waals surface area (Å²) < 4.78 is 44.9. The summed E-state index contributed by atoms with van der Waals surface area (Å²) in [6.45, 7) is 0.463. The molecule has 21 heteroatoms. The van der Waals surface area contributed by atoms with Crippen LogP contribution in [0.5, 0.6) is 0 Å². The normalized spacial score (nSPS) is 30.7. The first-order valence-electron chi connectivity index (χ1n) is 18.4. The summed E-state index contributed by atoms with van der Waals surface area (Å²) in [4.78, 5) is 46.3. The van der Waals surface area contributed by atoms with Crippen LogP contribution in [0.4, 0.5) is 4.79 Å². The third kappa shape index (κ3) is 16.3. The number of carbonyl (C=O) groups excluding carboxylic acids is 2. The maximum atomic E-state index is 13.1. The van der Waals surface area contributed by atoms with E-state index in [2.05, 4.69) is 12.2 Å². The number of aliphatic hydroxyl groups excluding tert-OH is 4. The predicted molar refractivity (Wildman–Crippen MR) is 186 cm³/mol. The first-order valence-corrected chi connectivity index (χ1v) is 19.8. The molecule has 2 aliphatic heterocycles. The smallest absolute Gasteiger partial charge is 0.474 e. The molecule has 0 saturated carbocycles. The van der Waals surface area contributed by atoms with Crippen molar-refractivity contribution in [1.82, 2.24) is 5.32 Å². The van der Waals surface area contributed by atoms with Crippen molar-refractivity contribution >= 4 is 25.7 Å². The van der Waals surface area contributed by atoms with E-state index in [0.717, 1.165) is 25.7 Å². The molecule has 20 nitrogen and oxygen atoms in total. The molecule has 0 spiro atoms. The second-order valence-electron chi connectivity index (χ2n) is 13.4. The van der Waals surface area contributed by atoms with E-state index >= 15 is 0 Å². The van der Waals surface area contributed by atoms with E-state index in [1.807, 2.05) is 0 Å². The minimum atomic E-state index is -5.34. The van der Waals surface area contributed by atoms with Crippen LogP contribution in [0.1, 0.15) is 96.8 Å². The summed E-state index contributed by atoms with van der Waals surface area (Å²) in [6, 6.07) is -4.59. The summed E-state index contributed by atoms with van der Waals surface area (Å²) in [6.07, 6.45) is -0.517. The summed E-state index contributed by atoms with van der Waals surface area (Å²) in [7, 11) is -5.34. The lowest BCUT2D eigenvalue weighted by Crippen LogP contribution is -2.70. The monoisotopic (exact) mass is 788 g/mol. The number of hydrogen-bond donors (Lipinski definition) is 10. The van der Waals surface area contributed by atoms with Crippen LogP contribution in [0.15, 0.2) is 0 Å². The van der Waals surface area contributed by atoms with Crippen molar-refractivity contribution in [1.29, 1.82) is 0 Å². The molecule has 2 fully saturated rings. The standard InChI is InChI=1S/C32H61N4O16P/c1-2-3-4-5-6-7-8-9-10-11-12-13-14-15-16-47-20(29(42)43)18-48-53(45,46)52-31-26(22(36-32(35)44)25(40)27(51-31)28(34)41)50-30-21(33)24(39)23(38)19(17-37)49-30/h19-27,30-31,37-40H,2-18,33H2,1H3,(H2,34,41)(H,42,43)(H,45,46)(H3,35,36,44)/t19?,20-,21+,22+,23-,24?,25-,26?,27?,30+,31-/m1/s1. The molecule has 0 radical (unpaired) electrons. The van der Waals surface area contributed by atoms with Crippen LogP contribution in [0, 0.1) is 0 Å². The van der Waals surface area contributed by atoms with Gasteiger partial charge in [0.05, 0.1) is 25.3 Å². The number of amides is 3. The summed E-state index contributed by atoms with van der Waals surface area (Å²) in [5.41, 5.74) is 16.5. The van der Waals surface area contributed by atoms with Gasteiger partial charge in [0.25, 0.3) is 0 Å². The molecule has 0 aromatic carbocycles. The molecule has 2 rings (SSSR count). The third-order valence-electron chi connectivity index (χ3n) is 9.11. The molecule has 5 unspecified atom stereocenters. The number of phosphoric ester groups is 1. The molecule has 0 aromatic rings. The van der Waals surface area contributed by atoms with Crippen molar-refractivity contribution in [3.63, 3.8) is 0 Å². The number of urea groups is 1. The molecular formula is C32H61N4O16P. The number of aliphatic carboxylic acids is 1. The highest BCUT2D eigenvalue weighted by Gasteiger charge is 2.54. The Balaban J connectivity index is 1.95. The first kappa shape index (κ1) is 47.1. The molecule has 53 heavy (non-hydrogen) atoms. The minimum Gasteiger partial charge on any atom is -0.479 e. The fraction of sp³-hybridized carbons (Fsp3) is 0.906. The number of primary amides is 2. The second-order valence-corrected chi connectivity index (χ2v) is 14.8. The Kier molecular flexibility index (Phi) is 21.8. The average molecular weight is 789 g/mol. The Labute approximate surface area is 309 Å². The Bertz CT molecular complexity index is 1140. The Hall–Kier alpha value is -2.04. The van der Waals surface area contributed by atoms with Crippen LogP contribution in [-0.4, -0.2) is 136 Å². The van der Waals surface area contributed by atoms with Crippen LogP contribution in [0.2, 0.25) is 0 Å². The predicted octanol–water partition coefficient (Wildman–Crippen LogP) is -0.169. The van der Waals surface area contributed by atoms with Crippen LogP contribution in [-0.2, 0) is 42.1 Å². The molecule has 2 aliphatic rings. The molecule has 3 amide bonds.